The van der Waals surface area contributed by atoms with Gasteiger partial charge in [-0.3, -0.25) is 0 Å². The number of nitrogens with zero attached hydrogens (tertiary/aromatic N) is 1. The normalized spacial score (nSPS) is 12.8. The Morgan fingerprint density at radius 2 is 0.962 bits per heavy atom. The molecule has 1 aliphatic carbocycles. The Morgan fingerprint density at radius 1 is 0.385 bits per heavy atom. The molecular weight excluding hydrogens is 627 g/mol. The van der Waals surface area contributed by atoms with Crippen LogP contribution < -0.4 is 4.90 Å². The lowest BCUT2D eigenvalue weighted by Crippen LogP contribution is -2.17. The molecule has 0 amide bonds. The SMILES string of the molecule is Cc1cc(C)cc(-c2ccc(N(c3ccc4c(c3)C(C)(C)c3ccccc3-4)c3cc(-c4ccccc4)c4ccccc4c3-c3ccccc3)cc2)c1. The van der Waals surface area contributed by atoms with Crippen LogP contribution in [0.3, 0.4) is 0 Å². The zero-order valence-corrected chi connectivity index (χ0v) is 30.2. The Kier molecular flexibility index (Phi) is 7.67. The third-order valence-corrected chi connectivity index (χ3v) is 10.9. The molecule has 1 nitrogen and oxygen atoms in total. The second-order valence-corrected chi connectivity index (χ2v) is 14.8. The minimum atomic E-state index is -0.124. The summed E-state index contributed by atoms with van der Waals surface area (Å²) in [5, 5.41) is 2.47. The second kappa shape index (κ2) is 12.5. The van der Waals surface area contributed by atoms with Gasteiger partial charge in [0, 0.05) is 22.4 Å². The van der Waals surface area contributed by atoms with Gasteiger partial charge in [0.15, 0.2) is 0 Å². The van der Waals surface area contributed by atoms with Crippen molar-refractivity contribution < 1.29 is 0 Å². The fraction of sp³-hybridized carbons (Fsp3) is 0.0980. The number of fused-ring (bicyclic) bond motifs is 4. The Balaban J connectivity index is 1.34. The molecule has 52 heavy (non-hydrogen) atoms. The molecule has 0 saturated heterocycles. The zero-order chi connectivity index (χ0) is 35.4. The van der Waals surface area contributed by atoms with Crippen LogP contribution in [0.5, 0.6) is 0 Å². The molecular formula is C51H41N. The van der Waals surface area contributed by atoms with E-state index in [1.54, 1.807) is 0 Å². The first-order valence-electron chi connectivity index (χ1n) is 18.3. The smallest absolute Gasteiger partial charge is 0.0552 e. The van der Waals surface area contributed by atoms with E-state index in [0.29, 0.717) is 0 Å². The summed E-state index contributed by atoms with van der Waals surface area (Å²) in [5.41, 5.74) is 18.5. The van der Waals surface area contributed by atoms with Crippen LogP contribution in [0.15, 0.2) is 176 Å². The minimum absolute atomic E-state index is 0.124. The summed E-state index contributed by atoms with van der Waals surface area (Å²) in [6.45, 7) is 9.08. The topological polar surface area (TPSA) is 3.24 Å². The average molecular weight is 668 g/mol. The van der Waals surface area contributed by atoms with E-state index in [1.165, 1.54) is 77.5 Å². The van der Waals surface area contributed by atoms with Gasteiger partial charge in [-0.25, -0.2) is 0 Å². The molecule has 8 aromatic carbocycles. The Morgan fingerprint density at radius 3 is 1.67 bits per heavy atom. The molecule has 0 spiro atoms. The summed E-state index contributed by atoms with van der Waals surface area (Å²) < 4.78 is 0. The van der Waals surface area contributed by atoms with Gasteiger partial charge in [0.25, 0.3) is 0 Å². The van der Waals surface area contributed by atoms with Crippen molar-refractivity contribution in [3.8, 4) is 44.5 Å². The van der Waals surface area contributed by atoms with Crippen molar-refractivity contribution in [2.45, 2.75) is 33.1 Å². The molecule has 0 atom stereocenters. The van der Waals surface area contributed by atoms with E-state index in [-0.39, 0.29) is 5.41 Å². The number of hydrogen-bond donors (Lipinski definition) is 0. The number of rotatable bonds is 6. The summed E-state index contributed by atoms with van der Waals surface area (Å²) in [7, 11) is 0. The summed E-state index contributed by atoms with van der Waals surface area (Å²) in [4.78, 5) is 2.49. The molecule has 0 heterocycles. The van der Waals surface area contributed by atoms with Gasteiger partial charge in [0.1, 0.15) is 0 Å². The maximum Gasteiger partial charge on any atom is 0.0552 e. The largest absolute Gasteiger partial charge is 0.310 e. The Hall–Kier alpha value is -6.18. The lowest BCUT2D eigenvalue weighted by atomic mass is 9.82. The van der Waals surface area contributed by atoms with Crippen molar-refractivity contribution in [3.05, 3.63) is 198 Å². The zero-order valence-electron chi connectivity index (χ0n) is 30.2. The van der Waals surface area contributed by atoms with E-state index in [1.807, 2.05) is 0 Å². The first-order valence-corrected chi connectivity index (χ1v) is 18.3. The Bertz CT molecular complexity index is 2580. The third kappa shape index (κ3) is 5.33. The van der Waals surface area contributed by atoms with Crippen LogP contribution in [0.4, 0.5) is 17.1 Å². The van der Waals surface area contributed by atoms with Crippen molar-refractivity contribution in [2.75, 3.05) is 4.90 Å². The van der Waals surface area contributed by atoms with Gasteiger partial charge in [-0.2, -0.15) is 0 Å². The first-order chi connectivity index (χ1) is 25.4. The van der Waals surface area contributed by atoms with E-state index in [2.05, 4.69) is 209 Å². The highest BCUT2D eigenvalue weighted by Crippen LogP contribution is 2.52. The number of aryl methyl sites for hydroxylation is 2. The van der Waals surface area contributed by atoms with Crippen LogP contribution in [0, 0.1) is 13.8 Å². The number of hydrogen-bond acceptors (Lipinski definition) is 1. The average Bonchev–Trinajstić information content (AvgIpc) is 3.40. The van der Waals surface area contributed by atoms with Gasteiger partial charge < -0.3 is 4.90 Å². The number of benzene rings is 8. The molecule has 8 aromatic rings. The summed E-state index contributed by atoms with van der Waals surface area (Å²) in [5.74, 6) is 0. The van der Waals surface area contributed by atoms with Crippen LogP contribution in [0.1, 0.15) is 36.1 Å². The fourth-order valence-electron chi connectivity index (χ4n) is 8.50. The van der Waals surface area contributed by atoms with Crippen LogP contribution in [0.25, 0.3) is 55.3 Å². The van der Waals surface area contributed by atoms with Gasteiger partial charge in [0.05, 0.1) is 5.69 Å². The number of anilines is 3. The van der Waals surface area contributed by atoms with Gasteiger partial charge in [-0.15, -0.1) is 0 Å². The first kappa shape index (κ1) is 31.8. The summed E-state index contributed by atoms with van der Waals surface area (Å²) in [6, 6.07) is 65.0. The van der Waals surface area contributed by atoms with E-state index in [4.69, 9.17) is 0 Å². The monoisotopic (exact) mass is 667 g/mol. The maximum atomic E-state index is 2.49. The van der Waals surface area contributed by atoms with Crippen LogP contribution in [-0.4, -0.2) is 0 Å². The molecule has 0 radical (unpaired) electrons. The molecule has 1 heteroatoms. The van der Waals surface area contributed by atoms with E-state index in [9.17, 15) is 0 Å². The minimum Gasteiger partial charge on any atom is -0.310 e. The molecule has 0 fully saturated rings. The standard InChI is InChI=1S/C51H41N/c1-34-29-35(2)31-39(30-34)36-23-25-40(26-24-36)52(41-27-28-44-43-20-13-14-22-47(43)51(3,4)48(44)32-41)49-33-46(37-15-7-5-8-16-37)42-19-11-12-21-45(42)50(49)38-17-9-6-10-18-38/h5-33H,1-4H3. The van der Waals surface area contributed by atoms with Gasteiger partial charge in [-0.1, -0.05) is 171 Å². The van der Waals surface area contributed by atoms with Crippen molar-refractivity contribution in [3.63, 3.8) is 0 Å². The van der Waals surface area contributed by atoms with E-state index >= 15 is 0 Å². The molecule has 0 saturated carbocycles. The molecule has 0 aliphatic heterocycles. The highest BCUT2D eigenvalue weighted by atomic mass is 15.1. The Labute approximate surface area is 307 Å². The lowest BCUT2D eigenvalue weighted by Gasteiger charge is -2.31. The molecule has 9 rings (SSSR count). The molecule has 0 N–H and O–H groups in total. The van der Waals surface area contributed by atoms with Crippen LogP contribution in [-0.2, 0) is 5.41 Å². The van der Waals surface area contributed by atoms with Gasteiger partial charge in [0.2, 0.25) is 0 Å². The van der Waals surface area contributed by atoms with Gasteiger partial charge in [-0.05, 0) is 105 Å². The molecule has 1 aliphatic rings. The highest BCUT2D eigenvalue weighted by Gasteiger charge is 2.36. The highest BCUT2D eigenvalue weighted by molar-refractivity contribution is 6.11. The predicted octanol–water partition coefficient (Wildman–Crippen LogP) is 14.2. The quantitative estimate of drug-likeness (QED) is 0.171. The maximum absolute atomic E-state index is 2.49. The lowest BCUT2D eigenvalue weighted by molar-refractivity contribution is 0.660. The second-order valence-electron chi connectivity index (χ2n) is 14.8. The van der Waals surface area contributed by atoms with E-state index in [0.717, 1.165) is 17.1 Å². The molecule has 0 aromatic heterocycles. The van der Waals surface area contributed by atoms with Crippen LogP contribution in [0.2, 0.25) is 0 Å². The predicted molar refractivity (Wildman–Crippen MR) is 222 cm³/mol. The van der Waals surface area contributed by atoms with Crippen molar-refractivity contribution in [1.29, 1.82) is 0 Å². The van der Waals surface area contributed by atoms with E-state index < -0.39 is 0 Å². The van der Waals surface area contributed by atoms with Crippen molar-refractivity contribution in [2.24, 2.45) is 0 Å². The van der Waals surface area contributed by atoms with Crippen LogP contribution >= 0.6 is 0 Å². The molecule has 250 valence electrons. The fourth-order valence-corrected chi connectivity index (χ4v) is 8.50. The van der Waals surface area contributed by atoms with Gasteiger partial charge >= 0.3 is 0 Å². The third-order valence-electron chi connectivity index (χ3n) is 10.9. The summed E-state index contributed by atoms with van der Waals surface area (Å²) >= 11 is 0. The van der Waals surface area contributed by atoms with Crippen molar-refractivity contribution in [1.82, 2.24) is 0 Å². The molecule has 0 bridgehead atoms. The summed E-state index contributed by atoms with van der Waals surface area (Å²) in [6.07, 6.45) is 0. The molecule has 0 unspecified atom stereocenters. The van der Waals surface area contributed by atoms with Crippen molar-refractivity contribution >= 4 is 27.8 Å².